The first-order chi connectivity index (χ1) is 10.0. The maximum atomic E-state index is 11.9. The van der Waals surface area contributed by atoms with Crippen molar-refractivity contribution < 1.29 is 4.79 Å². The highest BCUT2D eigenvalue weighted by molar-refractivity contribution is 5.99. The number of amides is 1. The van der Waals surface area contributed by atoms with E-state index in [0.717, 1.165) is 43.0 Å². The average Bonchev–Trinajstić information content (AvgIpc) is 2.44. The van der Waals surface area contributed by atoms with Crippen LogP contribution in [0.1, 0.15) is 47.4 Å². The van der Waals surface area contributed by atoms with Gasteiger partial charge in [-0.15, -0.1) is 0 Å². The Labute approximate surface area is 126 Å². The van der Waals surface area contributed by atoms with Crippen LogP contribution < -0.4 is 16.0 Å². The molecule has 1 aliphatic rings. The largest absolute Gasteiger partial charge is 0.368 e. The number of carbonyl (C=O) groups is 1. The van der Waals surface area contributed by atoms with Crippen molar-refractivity contribution in [3.63, 3.8) is 0 Å². The Morgan fingerprint density at radius 3 is 2.90 bits per heavy atom. The quantitative estimate of drug-likeness (QED) is 0.867. The van der Waals surface area contributed by atoms with Crippen molar-refractivity contribution in [2.75, 3.05) is 25.0 Å². The monoisotopic (exact) mass is 290 g/mol. The maximum Gasteiger partial charge on any atom is 0.252 e. The molecule has 1 amide bonds. The zero-order chi connectivity index (χ0) is 15.4. The number of anilines is 1. The van der Waals surface area contributed by atoms with E-state index in [1.54, 1.807) is 0 Å². The molecular formula is C16H26N4O. The van der Waals surface area contributed by atoms with Gasteiger partial charge < -0.3 is 16.0 Å². The molecule has 1 saturated heterocycles. The number of piperidine rings is 1. The summed E-state index contributed by atoms with van der Waals surface area (Å²) in [6.07, 6.45) is 4.66. The molecule has 1 aromatic rings. The molecular weight excluding hydrogens is 264 g/mol. The second-order valence-corrected chi connectivity index (χ2v) is 5.84. The number of carbonyl (C=O) groups excluding carboxylic acids is 1. The topological polar surface area (TPSA) is 71.2 Å². The number of nitrogens with two attached hydrogens (primary N) is 1. The molecule has 2 heterocycles. The van der Waals surface area contributed by atoms with Crippen molar-refractivity contribution in [3.05, 3.63) is 23.0 Å². The summed E-state index contributed by atoms with van der Waals surface area (Å²) >= 11 is 0. The Hall–Kier alpha value is -1.62. The third-order valence-corrected chi connectivity index (χ3v) is 4.22. The molecule has 1 aromatic heterocycles. The maximum absolute atomic E-state index is 11.9. The van der Waals surface area contributed by atoms with Crippen LogP contribution in [0.25, 0.3) is 0 Å². The van der Waals surface area contributed by atoms with Crippen LogP contribution in [-0.2, 0) is 0 Å². The second kappa shape index (κ2) is 6.89. The Morgan fingerprint density at radius 2 is 2.24 bits per heavy atom. The van der Waals surface area contributed by atoms with Crippen molar-refractivity contribution in [3.8, 4) is 0 Å². The van der Waals surface area contributed by atoms with Gasteiger partial charge in [0.25, 0.3) is 5.91 Å². The van der Waals surface area contributed by atoms with Gasteiger partial charge in [-0.05, 0) is 59.2 Å². The van der Waals surface area contributed by atoms with E-state index in [4.69, 9.17) is 5.73 Å². The molecule has 2 rings (SSSR count). The summed E-state index contributed by atoms with van der Waals surface area (Å²) in [5, 5.41) is 3.22. The molecule has 0 saturated carbocycles. The summed E-state index contributed by atoms with van der Waals surface area (Å²) in [7, 11) is 1.97. The number of hydrogen-bond acceptors (Lipinski definition) is 4. The molecule has 5 nitrogen and oxygen atoms in total. The van der Waals surface area contributed by atoms with Crippen molar-refractivity contribution >= 4 is 11.6 Å². The summed E-state index contributed by atoms with van der Waals surface area (Å²) in [6.45, 7) is 5.80. The van der Waals surface area contributed by atoms with Crippen molar-refractivity contribution in [1.29, 1.82) is 0 Å². The highest BCUT2D eigenvalue weighted by Crippen LogP contribution is 2.31. The van der Waals surface area contributed by atoms with E-state index in [1.165, 1.54) is 12.8 Å². The fraction of sp³-hybridized carbons (Fsp3) is 0.625. The number of aryl methyl sites for hydroxylation is 2. The van der Waals surface area contributed by atoms with E-state index in [1.807, 2.05) is 27.0 Å². The van der Waals surface area contributed by atoms with Crippen LogP contribution in [0, 0.1) is 13.8 Å². The smallest absolute Gasteiger partial charge is 0.252 e. The molecule has 21 heavy (non-hydrogen) atoms. The van der Waals surface area contributed by atoms with Gasteiger partial charge in [-0.25, -0.2) is 0 Å². The molecule has 0 aliphatic carbocycles. The summed E-state index contributed by atoms with van der Waals surface area (Å²) in [4.78, 5) is 18.6. The summed E-state index contributed by atoms with van der Waals surface area (Å²) in [5.74, 6) is -0.382. The molecule has 0 radical (unpaired) electrons. The molecule has 1 aliphatic heterocycles. The minimum atomic E-state index is -0.382. The van der Waals surface area contributed by atoms with E-state index in [2.05, 4.69) is 15.2 Å². The van der Waals surface area contributed by atoms with Crippen LogP contribution in [0.15, 0.2) is 6.07 Å². The lowest BCUT2D eigenvalue weighted by molar-refractivity contribution is 0.0999. The third-order valence-electron chi connectivity index (χ3n) is 4.22. The average molecular weight is 290 g/mol. The molecule has 0 aromatic carbocycles. The Kier molecular flexibility index (Phi) is 5.17. The molecule has 116 valence electrons. The number of rotatable bonds is 5. The summed E-state index contributed by atoms with van der Waals surface area (Å²) in [6, 6.07) is 2.47. The highest BCUT2D eigenvalue weighted by atomic mass is 16.1. The fourth-order valence-electron chi connectivity index (χ4n) is 3.27. The number of primary amides is 1. The number of hydrogen-bond donors (Lipinski definition) is 2. The lowest BCUT2D eigenvalue weighted by Crippen LogP contribution is -2.42. The van der Waals surface area contributed by atoms with Crippen LogP contribution in [-0.4, -0.2) is 37.1 Å². The van der Waals surface area contributed by atoms with E-state index in [0.29, 0.717) is 11.6 Å². The summed E-state index contributed by atoms with van der Waals surface area (Å²) < 4.78 is 0. The zero-order valence-corrected chi connectivity index (χ0v) is 13.3. The Balaban J connectivity index is 2.39. The van der Waals surface area contributed by atoms with Gasteiger partial charge >= 0.3 is 0 Å². The van der Waals surface area contributed by atoms with Gasteiger partial charge in [-0.1, -0.05) is 0 Å². The standard InChI is InChI=1S/C16H26N4O/c1-11-10-14(15(16(17)21)12(2)19-11)20-9-5-4-6-13(20)7-8-18-3/h10,13,18H,4-9H2,1-3H3,(H2,17,21). The zero-order valence-electron chi connectivity index (χ0n) is 13.3. The first-order valence-corrected chi connectivity index (χ1v) is 7.74. The van der Waals surface area contributed by atoms with Gasteiger partial charge in [0.05, 0.1) is 16.9 Å². The molecule has 5 heteroatoms. The Bertz CT molecular complexity index is 515. The van der Waals surface area contributed by atoms with Crippen LogP contribution in [0.5, 0.6) is 0 Å². The van der Waals surface area contributed by atoms with E-state index < -0.39 is 0 Å². The van der Waals surface area contributed by atoms with E-state index in [-0.39, 0.29) is 5.91 Å². The predicted molar refractivity (Wildman–Crippen MR) is 85.8 cm³/mol. The SMILES string of the molecule is CNCCC1CCCCN1c1cc(C)nc(C)c1C(N)=O. The number of pyridine rings is 1. The molecule has 1 atom stereocenters. The number of nitrogens with one attached hydrogen (secondary N) is 1. The minimum absolute atomic E-state index is 0.382. The molecule has 3 N–H and O–H groups in total. The van der Waals surface area contributed by atoms with Gasteiger partial charge in [0.1, 0.15) is 0 Å². The Morgan fingerprint density at radius 1 is 1.48 bits per heavy atom. The molecule has 0 spiro atoms. The van der Waals surface area contributed by atoms with Crippen LogP contribution in [0.3, 0.4) is 0 Å². The first-order valence-electron chi connectivity index (χ1n) is 7.74. The normalized spacial score (nSPS) is 18.8. The van der Waals surface area contributed by atoms with Crippen LogP contribution in [0.4, 0.5) is 5.69 Å². The first kappa shape index (κ1) is 15.8. The number of aromatic nitrogens is 1. The minimum Gasteiger partial charge on any atom is -0.368 e. The highest BCUT2D eigenvalue weighted by Gasteiger charge is 2.26. The molecule has 1 unspecified atom stereocenters. The van der Waals surface area contributed by atoms with Gasteiger partial charge in [0, 0.05) is 18.3 Å². The van der Waals surface area contributed by atoms with Gasteiger partial charge in [-0.2, -0.15) is 0 Å². The summed E-state index contributed by atoms with van der Waals surface area (Å²) in [5.41, 5.74) is 8.81. The van der Waals surface area contributed by atoms with Crippen molar-refractivity contribution in [1.82, 2.24) is 10.3 Å². The van der Waals surface area contributed by atoms with Gasteiger partial charge in [-0.3, -0.25) is 9.78 Å². The lowest BCUT2D eigenvalue weighted by Gasteiger charge is -2.39. The van der Waals surface area contributed by atoms with Crippen LogP contribution in [0.2, 0.25) is 0 Å². The van der Waals surface area contributed by atoms with E-state index in [9.17, 15) is 4.79 Å². The molecule has 1 fully saturated rings. The third kappa shape index (κ3) is 3.53. The van der Waals surface area contributed by atoms with Crippen molar-refractivity contribution in [2.45, 2.75) is 45.6 Å². The van der Waals surface area contributed by atoms with Gasteiger partial charge in [0.15, 0.2) is 0 Å². The van der Waals surface area contributed by atoms with E-state index >= 15 is 0 Å². The lowest BCUT2D eigenvalue weighted by atomic mass is 9.96. The van der Waals surface area contributed by atoms with Gasteiger partial charge in [0.2, 0.25) is 0 Å². The molecule has 0 bridgehead atoms. The van der Waals surface area contributed by atoms with Crippen molar-refractivity contribution in [2.24, 2.45) is 5.73 Å². The number of nitrogens with zero attached hydrogens (tertiary/aromatic N) is 2. The second-order valence-electron chi connectivity index (χ2n) is 5.84. The van der Waals surface area contributed by atoms with Crippen LogP contribution >= 0.6 is 0 Å². The fourth-order valence-corrected chi connectivity index (χ4v) is 3.27. The predicted octanol–water partition coefficient (Wildman–Crippen LogP) is 1.77.